The van der Waals surface area contributed by atoms with E-state index in [0.29, 0.717) is 5.39 Å². The lowest BCUT2D eigenvalue weighted by Crippen LogP contribution is -2.14. The SMILES string of the molecule is Cc1ccc(S(=O)(=O)Nc2n[nH]c3ccccc23)c(Cl)c1. The number of halogens is 1. The average molecular weight is 322 g/mol. The molecule has 0 atom stereocenters. The summed E-state index contributed by atoms with van der Waals surface area (Å²) in [6.45, 7) is 1.84. The molecule has 0 bridgehead atoms. The van der Waals surface area contributed by atoms with Gasteiger partial charge in [0.15, 0.2) is 5.82 Å². The van der Waals surface area contributed by atoms with Crippen LogP contribution in [0, 0.1) is 6.92 Å². The van der Waals surface area contributed by atoms with Crippen molar-refractivity contribution < 1.29 is 8.42 Å². The molecule has 108 valence electrons. The first kappa shape index (κ1) is 13.9. The Bertz CT molecular complexity index is 919. The molecule has 0 unspecified atom stereocenters. The summed E-state index contributed by atoms with van der Waals surface area (Å²) >= 11 is 6.03. The van der Waals surface area contributed by atoms with Crippen molar-refractivity contribution in [1.82, 2.24) is 10.2 Å². The average Bonchev–Trinajstić information content (AvgIpc) is 2.81. The van der Waals surface area contributed by atoms with Crippen molar-refractivity contribution in [3.63, 3.8) is 0 Å². The summed E-state index contributed by atoms with van der Waals surface area (Å²) in [6.07, 6.45) is 0. The smallest absolute Gasteiger partial charge is 0.264 e. The van der Waals surface area contributed by atoms with Gasteiger partial charge in [-0.05, 0) is 36.8 Å². The van der Waals surface area contributed by atoms with E-state index in [2.05, 4.69) is 14.9 Å². The molecule has 0 fully saturated rings. The van der Waals surface area contributed by atoms with Crippen molar-refractivity contribution in [2.24, 2.45) is 0 Å². The van der Waals surface area contributed by atoms with E-state index in [-0.39, 0.29) is 15.7 Å². The number of benzene rings is 2. The highest BCUT2D eigenvalue weighted by Gasteiger charge is 2.20. The molecular formula is C14H12ClN3O2S. The second-order valence-electron chi connectivity index (χ2n) is 4.66. The minimum atomic E-state index is -3.79. The van der Waals surface area contributed by atoms with E-state index in [1.807, 2.05) is 25.1 Å². The molecule has 2 N–H and O–H groups in total. The standard InChI is InChI=1S/C14H12ClN3O2S/c1-9-6-7-13(11(15)8-9)21(19,20)18-14-10-4-2-3-5-12(10)16-17-14/h2-8H,1H3,(H2,16,17,18). The molecule has 0 radical (unpaired) electrons. The van der Waals surface area contributed by atoms with E-state index < -0.39 is 10.0 Å². The first-order valence-electron chi connectivity index (χ1n) is 6.19. The summed E-state index contributed by atoms with van der Waals surface area (Å²) < 4.78 is 27.3. The maximum Gasteiger partial charge on any atom is 0.264 e. The van der Waals surface area contributed by atoms with E-state index in [9.17, 15) is 8.42 Å². The first-order chi connectivity index (χ1) is 9.97. The van der Waals surface area contributed by atoms with Crippen molar-refractivity contribution in [3.05, 3.63) is 53.1 Å². The molecule has 0 saturated carbocycles. The van der Waals surface area contributed by atoms with Crippen LogP contribution in [-0.4, -0.2) is 18.6 Å². The van der Waals surface area contributed by atoms with Crippen LogP contribution in [0.3, 0.4) is 0 Å². The second kappa shape index (κ2) is 5.05. The number of hydrogen-bond acceptors (Lipinski definition) is 3. The Morgan fingerprint density at radius 2 is 1.95 bits per heavy atom. The second-order valence-corrected chi connectivity index (χ2v) is 6.72. The lowest BCUT2D eigenvalue weighted by atomic mass is 10.2. The molecule has 1 heterocycles. The zero-order chi connectivity index (χ0) is 15.0. The molecule has 0 amide bonds. The van der Waals surface area contributed by atoms with E-state index in [4.69, 9.17) is 11.6 Å². The molecule has 0 saturated heterocycles. The van der Waals surface area contributed by atoms with Crippen molar-refractivity contribution in [3.8, 4) is 0 Å². The maximum atomic E-state index is 12.4. The normalized spacial score (nSPS) is 11.7. The summed E-state index contributed by atoms with van der Waals surface area (Å²) in [6, 6.07) is 12.0. The minimum absolute atomic E-state index is 0.0295. The van der Waals surface area contributed by atoms with Gasteiger partial charge in [-0.2, -0.15) is 5.10 Å². The fourth-order valence-corrected chi connectivity index (χ4v) is 3.67. The fourth-order valence-electron chi connectivity index (χ4n) is 2.05. The van der Waals surface area contributed by atoms with Gasteiger partial charge in [-0.3, -0.25) is 9.82 Å². The molecule has 0 aliphatic rings. The van der Waals surface area contributed by atoms with Gasteiger partial charge in [0, 0.05) is 5.39 Å². The number of aromatic nitrogens is 2. The summed E-state index contributed by atoms with van der Waals surface area (Å²) in [5, 5.41) is 7.65. The van der Waals surface area contributed by atoms with Crippen LogP contribution in [0.25, 0.3) is 10.9 Å². The lowest BCUT2D eigenvalue weighted by molar-refractivity contribution is 0.601. The molecule has 7 heteroatoms. The van der Waals surface area contributed by atoms with Gasteiger partial charge in [0.05, 0.1) is 10.5 Å². The number of sulfonamides is 1. The van der Waals surface area contributed by atoms with Gasteiger partial charge in [0.1, 0.15) is 4.90 Å². The number of nitrogens with zero attached hydrogens (tertiary/aromatic N) is 1. The van der Waals surface area contributed by atoms with E-state index in [1.165, 1.54) is 6.07 Å². The molecule has 0 aliphatic carbocycles. The van der Waals surface area contributed by atoms with Crippen molar-refractivity contribution in [1.29, 1.82) is 0 Å². The van der Waals surface area contributed by atoms with Crippen LogP contribution >= 0.6 is 11.6 Å². The molecule has 3 aromatic rings. The third kappa shape index (κ3) is 2.59. The predicted molar refractivity (Wildman–Crippen MR) is 83.1 cm³/mol. The third-order valence-electron chi connectivity index (χ3n) is 3.08. The molecule has 0 aliphatic heterocycles. The number of para-hydroxylation sites is 1. The highest BCUT2D eigenvalue weighted by Crippen LogP contribution is 2.27. The number of anilines is 1. The number of hydrogen-bond donors (Lipinski definition) is 2. The van der Waals surface area contributed by atoms with E-state index >= 15 is 0 Å². The fraction of sp³-hybridized carbons (Fsp3) is 0.0714. The Balaban J connectivity index is 2.03. The predicted octanol–water partition coefficient (Wildman–Crippen LogP) is 3.33. The zero-order valence-corrected chi connectivity index (χ0v) is 12.7. The number of aromatic amines is 1. The van der Waals surface area contributed by atoms with Crippen molar-refractivity contribution in [2.45, 2.75) is 11.8 Å². The van der Waals surface area contributed by atoms with Crippen molar-refractivity contribution >= 4 is 38.3 Å². The highest BCUT2D eigenvalue weighted by atomic mass is 35.5. The number of aryl methyl sites for hydroxylation is 1. The maximum absolute atomic E-state index is 12.4. The molecule has 1 aromatic heterocycles. The summed E-state index contributed by atoms with van der Waals surface area (Å²) in [5.41, 5.74) is 1.65. The third-order valence-corrected chi connectivity index (χ3v) is 4.90. The molecule has 21 heavy (non-hydrogen) atoms. The Kier molecular flexibility index (Phi) is 3.35. The molecule has 0 spiro atoms. The largest absolute Gasteiger partial charge is 0.276 e. The number of nitrogens with one attached hydrogen (secondary N) is 2. The van der Waals surface area contributed by atoms with Crippen molar-refractivity contribution in [2.75, 3.05) is 4.72 Å². The monoisotopic (exact) mass is 321 g/mol. The molecule has 3 rings (SSSR count). The van der Waals surface area contributed by atoms with Gasteiger partial charge in [0.25, 0.3) is 10.0 Å². The first-order valence-corrected chi connectivity index (χ1v) is 8.05. The van der Waals surface area contributed by atoms with Crippen LogP contribution in [0.5, 0.6) is 0 Å². The molecular weight excluding hydrogens is 310 g/mol. The number of H-pyrrole nitrogens is 1. The minimum Gasteiger partial charge on any atom is -0.276 e. The summed E-state index contributed by atoms with van der Waals surface area (Å²) in [7, 11) is -3.79. The zero-order valence-electron chi connectivity index (χ0n) is 11.1. The Labute approximate surface area is 127 Å². The van der Waals surface area contributed by atoms with E-state index in [0.717, 1.165) is 11.1 Å². The van der Waals surface area contributed by atoms with Crippen LogP contribution in [-0.2, 0) is 10.0 Å². The number of fused-ring (bicyclic) bond motifs is 1. The highest BCUT2D eigenvalue weighted by molar-refractivity contribution is 7.92. The van der Waals surface area contributed by atoms with Gasteiger partial charge in [-0.1, -0.05) is 29.8 Å². The molecule has 2 aromatic carbocycles. The van der Waals surface area contributed by atoms with Crippen LogP contribution < -0.4 is 4.72 Å². The van der Waals surface area contributed by atoms with E-state index in [1.54, 1.807) is 18.2 Å². The Morgan fingerprint density at radius 3 is 2.71 bits per heavy atom. The van der Waals surface area contributed by atoms with Gasteiger partial charge in [-0.15, -0.1) is 0 Å². The summed E-state index contributed by atoms with van der Waals surface area (Å²) in [5.74, 6) is 0.252. The summed E-state index contributed by atoms with van der Waals surface area (Å²) in [4.78, 5) is 0.0295. The van der Waals surface area contributed by atoms with Gasteiger partial charge >= 0.3 is 0 Å². The topological polar surface area (TPSA) is 74.8 Å². The van der Waals surface area contributed by atoms with Gasteiger partial charge < -0.3 is 0 Å². The Hall–Kier alpha value is -2.05. The Morgan fingerprint density at radius 1 is 1.19 bits per heavy atom. The molecule has 5 nitrogen and oxygen atoms in total. The van der Waals surface area contributed by atoms with Crippen LogP contribution in [0.4, 0.5) is 5.82 Å². The van der Waals surface area contributed by atoms with Crippen LogP contribution in [0.15, 0.2) is 47.4 Å². The van der Waals surface area contributed by atoms with Crippen LogP contribution in [0.1, 0.15) is 5.56 Å². The van der Waals surface area contributed by atoms with Crippen LogP contribution in [0.2, 0.25) is 5.02 Å². The quantitative estimate of drug-likeness (QED) is 0.777. The number of rotatable bonds is 3. The van der Waals surface area contributed by atoms with Gasteiger partial charge in [-0.25, -0.2) is 8.42 Å². The van der Waals surface area contributed by atoms with Gasteiger partial charge in [0.2, 0.25) is 0 Å². The lowest BCUT2D eigenvalue weighted by Gasteiger charge is -2.08.